The fraction of sp³-hybridized carbons (Fsp3) is 0.0952. The van der Waals surface area contributed by atoms with Crippen LogP contribution in [0.1, 0.15) is 16.7 Å². The Balaban J connectivity index is 1.93. The molecule has 2 nitrogen and oxygen atoms in total. The molecule has 0 N–H and O–H groups in total. The van der Waals surface area contributed by atoms with E-state index in [1.807, 2.05) is 48.5 Å². The van der Waals surface area contributed by atoms with Crippen LogP contribution in [0.15, 0.2) is 83.9 Å². The van der Waals surface area contributed by atoms with Crippen molar-refractivity contribution in [1.82, 2.24) is 0 Å². The number of rotatable bonds is 3. The van der Waals surface area contributed by atoms with Crippen LogP contribution in [-0.4, -0.2) is 12.6 Å². The highest BCUT2D eigenvalue weighted by atomic mass is 19.1. The van der Waals surface area contributed by atoms with Crippen molar-refractivity contribution >= 4 is 11.6 Å². The summed E-state index contributed by atoms with van der Waals surface area (Å²) in [5.41, 5.74) is 1.24. The van der Waals surface area contributed by atoms with Gasteiger partial charge < -0.3 is 4.74 Å². The fourth-order valence-corrected chi connectivity index (χ4v) is 3.08. The van der Waals surface area contributed by atoms with Crippen LogP contribution < -0.4 is 0 Å². The molecule has 0 radical (unpaired) electrons. The zero-order valence-electron chi connectivity index (χ0n) is 13.3. The second kappa shape index (κ2) is 6.13. The van der Waals surface area contributed by atoms with Crippen LogP contribution in [0.4, 0.5) is 14.5 Å². The van der Waals surface area contributed by atoms with E-state index < -0.39 is 12.3 Å². The number of fused-ring (bicyclic) bond motifs is 1. The topological polar surface area (TPSA) is 21.6 Å². The highest BCUT2D eigenvalue weighted by molar-refractivity contribution is 5.97. The summed E-state index contributed by atoms with van der Waals surface area (Å²) in [5, 5.41) is 0. The molecule has 0 fully saturated rings. The highest BCUT2D eigenvalue weighted by Crippen LogP contribution is 2.43. The molecule has 0 amide bonds. The summed E-state index contributed by atoms with van der Waals surface area (Å²) in [6, 6.07) is 22.4. The van der Waals surface area contributed by atoms with Crippen LogP contribution in [0.5, 0.6) is 0 Å². The molecule has 1 atom stereocenters. The van der Waals surface area contributed by atoms with Crippen LogP contribution >= 0.6 is 0 Å². The van der Waals surface area contributed by atoms with Crippen molar-refractivity contribution in [3.05, 3.63) is 101 Å². The van der Waals surface area contributed by atoms with E-state index in [0.29, 0.717) is 22.7 Å². The first-order chi connectivity index (χ1) is 12.2. The number of benzene rings is 3. The van der Waals surface area contributed by atoms with Gasteiger partial charge in [0.15, 0.2) is 5.60 Å². The van der Waals surface area contributed by atoms with Gasteiger partial charge in [-0.15, -0.1) is 0 Å². The van der Waals surface area contributed by atoms with Gasteiger partial charge in [-0.1, -0.05) is 48.5 Å². The molecule has 0 aliphatic carbocycles. The van der Waals surface area contributed by atoms with E-state index in [9.17, 15) is 8.78 Å². The quantitative estimate of drug-likeness (QED) is 0.649. The monoisotopic (exact) mass is 335 g/mol. The molecular weight excluding hydrogens is 320 g/mol. The lowest BCUT2D eigenvalue weighted by Gasteiger charge is -2.37. The van der Waals surface area contributed by atoms with Crippen LogP contribution in [-0.2, 0) is 10.3 Å². The van der Waals surface area contributed by atoms with Crippen molar-refractivity contribution < 1.29 is 13.5 Å². The maximum absolute atomic E-state index is 14.4. The molecule has 1 heterocycles. The summed E-state index contributed by atoms with van der Waals surface area (Å²) < 4.78 is 33.9. The fourth-order valence-electron chi connectivity index (χ4n) is 3.08. The first-order valence-electron chi connectivity index (χ1n) is 7.97. The minimum atomic E-state index is -1.35. The lowest BCUT2D eigenvalue weighted by molar-refractivity contribution is 0.0636. The van der Waals surface area contributed by atoms with Crippen LogP contribution in [0.2, 0.25) is 0 Å². The Kier molecular flexibility index (Phi) is 3.80. The molecule has 1 unspecified atom stereocenters. The number of nitrogens with zero attached hydrogens (tertiary/aromatic N) is 1. The van der Waals surface area contributed by atoms with Crippen molar-refractivity contribution in [2.45, 2.75) is 5.60 Å². The van der Waals surface area contributed by atoms with E-state index in [2.05, 4.69) is 4.99 Å². The maximum atomic E-state index is 14.4. The van der Waals surface area contributed by atoms with E-state index in [-0.39, 0.29) is 5.82 Å². The van der Waals surface area contributed by atoms with E-state index >= 15 is 0 Å². The second-order valence-electron chi connectivity index (χ2n) is 5.87. The zero-order chi connectivity index (χ0) is 17.3. The molecule has 0 aromatic heterocycles. The molecule has 3 aromatic carbocycles. The average Bonchev–Trinajstić information content (AvgIpc) is 2.68. The summed E-state index contributed by atoms with van der Waals surface area (Å²) in [5.74, 6) is -0.0277. The molecule has 1 aliphatic heterocycles. The van der Waals surface area contributed by atoms with Crippen molar-refractivity contribution in [3.63, 3.8) is 0 Å². The summed E-state index contributed by atoms with van der Waals surface area (Å²) in [7, 11) is 0. The maximum Gasteiger partial charge on any atom is 0.222 e. The van der Waals surface area contributed by atoms with Crippen LogP contribution in [0.3, 0.4) is 0 Å². The molecule has 25 heavy (non-hydrogen) atoms. The lowest BCUT2D eigenvalue weighted by atomic mass is 9.85. The van der Waals surface area contributed by atoms with Gasteiger partial charge in [-0.2, -0.15) is 0 Å². The summed E-state index contributed by atoms with van der Waals surface area (Å²) in [4.78, 5) is 4.56. The predicted octanol–water partition coefficient (Wildman–Crippen LogP) is 5.15. The number of para-hydroxylation sites is 1. The number of halogens is 2. The Bertz CT molecular complexity index is 922. The average molecular weight is 335 g/mol. The molecule has 0 saturated carbocycles. The Morgan fingerprint density at radius 1 is 0.840 bits per heavy atom. The molecule has 124 valence electrons. The largest absolute Gasteiger partial charge is 0.458 e. The first kappa shape index (κ1) is 15.5. The predicted molar refractivity (Wildman–Crippen MR) is 93.3 cm³/mol. The number of hydrogen-bond donors (Lipinski definition) is 0. The smallest absolute Gasteiger partial charge is 0.222 e. The molecule has 4 rings (SSSR count). The SMILES string of the molecule is FCC1(c2ccc(F)cc2)OC(c2ccccc2)=Nc2ccccc21. The van der Waals surface area contributed by atoms with Gasteiger partial charge in [0.2, 0.25) is 5.90 Å². The summed E-state index contributed by atoms with van der Waals surface area (Å²) in [6.45, 7) is -0.790. The van der Waals surface area contributed by atoms with E-state index in [4.69, 9.17) is 4.74 Å². The first-order valence-corrected chi connectivity index (χ1v) is 7.97. The standard InChI is InChI=1S/C21H15F2NO/c22-14-21(16-10-12-17(23)13-11-16)18-8-4-5-9-19(18)24-20(25-21)15-6-2-1-3-7-15/h1-13H,14H2. The third-order valence-corrected chi connectivity index (χ3v) is 4.35. The molecule has 0 saturated heterocycles. The number of hydrogen-bond acceptors (Lipinski definition) is 2. The van der Waals surface area contributed by atoms with Crippen molar-refractivity contribution in [1.29, 1.82) is 0 Å². The third-order valence-electron chi connectivity index (χ3n) is 4.35. The number of alkyl halides is 1. The minimum Gasteiger partial charge on any atom is -0.458 e. The second-order valence-corrected chi connectivity index (χ2v) is 5.87. The number of ether oxygens (including phenoxy) is 1. The van der Waals surface area contributed by atoms with E-state index in [0.717, 1.165) is 5.56 Å². The molecule has 0 bridgehead atoms. The molecule has 1 aliphatic rings. The Labute approximate surface area is 144 Å². The summed E-state index contributed by atoms with van der Waals surface area (Å²) >= 11 is 0. The van der Waals surface area contributed by atoms with Gasteiger partial charge in [0.1, 0.15) is 12.5 Å². The van der Waals surface area contributed by atoms with Crippen molar-refractivity contribution in [2.75, 3.05) is 6.67 Å². The highest BCUT2D eigenvalue weighted by Gasteiger charge is 2.42. The Morgan fingerprint density at radius 2 is 1.52 bits per heavy atom. The van der Waals surface area contributed by atoms with Gasteiger partial charge in [0, 0.05) is 16.7 Å². The number of aliphatic imine (C=N–C) groups is 1. The molecular formula is C21H15F2NO. The van der Waals surface area contributed by atoms with Gasteiger partial charge in [-0.3, -0.25) is 0 Å². The molecule has 3 aromatic rings. The van der Waals surface area contributed by atoms with Gasteiger partial charge in [0.05, 0.1) is 5.69 Å². The summed E-state index contributed by atoms with van der Waals surface area (Å²) in [6.07, 6.45) is 0. The zero-order valence-corrected chi connectivity index (χ0v) is 13.3. The van der Waals surface area contributed by atoms with Crippen molar-refractivity contribution in [2.24, 2.45) is 4.99 Å². The van der Waals surface area contributed by atoms with E-state index in [1.165, 1.54) is 12.1 Å². The van der Waals surface area contributed by atoms with Gasteiger partial charge in [-0.25, -0.2) is 13.8 Å². The van der Waals surface area contributed by atoms with Gasteiger partial charge in [0.25, 0.3) is 0 Å². The van der Waals surface area contributed by atoms with Crippen LogP contribution in [0, 0.1) is 5.82 Å². The Hall–Kier alpha value is -3.01. The Morgan fingerprint density at radius 3 is 2.24 bits per heavy atom. The van der Waals surface area contributed by atoms with E-state index in [1.54, 1.807) is 18.2 Å². The molecule has 4 heteroatoms. The van der Waals surface area contributed by atoms with Gasteiger partial charge in [-0.05, 0) is 30.3 Å². The third kappa shape index (κ3) is 2.60. The minimum absolute atomic E-state index is 0.348. The molecule has 0 spiro atoms. The van der Waals surface area contributed by atoms with Crippen LogP contribution in [0.25, 0.3) is 0 Å². The van der Waals surface area contributed by atoms with Gasteiger partial charge >= 0.3 is 0 Å². The van der Waals surface area contributed by atoms with Crippen molar-refractivity contribution in [3.8, 4) is 0 Å². The lowest BCUT2D eigenvalue weighted by Crippen LogP contribution is -2.38. The normalized spacial score (nSPS) is 18.9.